The van der Waals surface area contributed by atoms with Gasteiger partial charge in [-0.3, -0.25) is 0 Å². The fourth-order valence-electron chi connectivity index (χ4n) is 6.19. The van der Waals surface area contributed by atoms with Crippen molar-refractivity contribution in [2.75, 3.05) is 0 Å². The van der Waals surface area contributed by atoms with Gasteiger partial charge in [0.05, 0.1) is 0 Å². The van der Waals surface area contributed by atoms with Crippen molar-refractivity contribution in [2.45, 2.75) is 110 Å². The van der Waals surface area contributed by atoms with Crippen LogP contribution >= 0.6 is 0 Å². The van der Waals surface area contributed by atoms with E-state index in [4.69, 9.17) is 11.5 Å². The Morgan fingerprint density at radius 1 is 0.720 bits per heavy atom. The summed E-state index contributed by atoms with van der Waals surface area (Å²) >= 11 is 0. The Kier molecular flexibility index (Phi) is 8.75. The summed E-state index contributed by atoms with van der Waals surface area (Å²) in [5.74, 6) is 4.98. The highest BCUT2D eigenvalue weighted by atomic mass is 14.7. The van der Waals surface area contributed by atoms with E-state index in [-0.39, 0.29) is 0 Å². The molecular weight excluding hydrogens is 304 g/mol. The summed E-state index contributed by atoms with van der Waals surface area (Å²) in [4.78, 5) is 0. The normalized spacial score (nSPS) is 39.1. The van der Waals surface area contributed by atoms with Crippen LogP contribution in [0.15, 0.2) is 0 Å². The zero-order chi connectivity index (χ0) is 18.4. The van der Waals surface area contributed by atoms with Crippen LogP contribution in [0.25, 0.3) is 0 Å². The lowest BCUT2D eigenvalue weighted by Gasteiger charge is -2.42. The summed E-state index contributed by atoms with van der Waals surface area (Å²) in [7, 11) is 0. The van der Waals surface area contributed by atoms with E-state index < -0.39 is 0 Å². The minimum absolute atomic E-state index is 0.454. The van der Waals surface area contributed by atoms with Crippen molar-refractivity contribution >= 4 is 0 Å². The zero-order valence-electron chi connectivity index (χ0n) is 17.6. The third-order valence-corrected chi connectivity index (χ3v) is 7.74. The van der Waals surface area contributed by atoms with Crippen molar-refractivity contribution < 1.29 is 0 Å². The maximum absolute atomic E-state index is 6.50. The van der Waals surface area contributed by atoms with Crippen molar-refractivity contribution in [3.63, 3.8) is 0 Å². The summed E-state index contributed by atoms with van der Waals surface area (Å²) in [5.41, 5.74) is 13.0. The molecule has 2 saturated carbocycles. The number of nitrogens with two attached hydrogens (primary N) is 2. The molecule has 0 bridgehead atoms. The van der Waals surface area contributed by atoms with Gasteiger partial charge in [-0.05, 0) is 80.5 Å². The highest BCUT2D eigenvalue weighted by molar-refractivity contribution is 4.89. The van der Waals surface area contributed by atoms with Gasteiger partial charge in [-0.15, -0.1) is 0 Å². The molecule has 25 heavy (non-hydrogen) atoms. The van der Waals surface area contributed by atoms with E-state index in [1.807, 2.05) is 0 Å². The second kappa shape index (κ2) is 10.3. The average Bonchev–Trinajstić information content (AvgIpc) is 2.58. The van der Waals surface area contributed by atoms with E-state index in [9.17, 15) is 0 Å². The molecule has 0 amide bonds. The maximum atomic E-state index is 6.50. The lowest BCUT2D eigenvalue weighted by atomic mass is 9.66. The largest absolute Gasteiger partial charge is 0.327 e. The molecule has 2 fully saturated rings. The predicted octanol–water partition coefficient (Wildman–Crippen LogP) is 5.74. The summed E-state index contributed by atoms with van der Waals surface area (Å²) < 4.78 is 0. The average molecular weight is 351 g/mol. The van der Waals surface area contributed by atoms with Crippen molar-refractivity contribution in [3.8, 4) is 0 Å². The Balaban J connectivity index is 1.88. The van der Waals surface area contributed by atoms with Crippen LogP contribution in [0.5, 0.6) is 0 Å². The van der Waals surface area contributed by atoms with Gasteiger partial charge in [-0.1, -0.05) is 53.4 Å². The third kappa shape index (κ3) is 5.96. The molecule has 4 N–H and O–H groups in total. The number of hydrogen-bond donors (Lipinski definition) is 2. The molecule has 0 saturated heterocycles. The lowest BCUT2D eigenvalue weighted by Crippen LogP contribution is -2.42. The fourth-order valence-corrected chi connectivity index (χ4v) is 6.19. The van der Waals surface area contributed by atoms with E-state index in [0.717, 1.165) is 35.5 Å². The molecule has 8 unspecified atom stereocenters. The van der Waals surface area contributed by atoms with Crippen LogP contribution in [0, 0.1) is 35.5 Å². The Bertz CT molecular complexity index is 335. The number of rotatable bonds is 8. The molecule has 0 aromatic heterocycles. The van der Waals surface area contributed by atoms with E-state index in [0.29, 0.717) is 12.1 Å². The summed E-state index contributed by atoms with van der Waals surface area (Å²) in [5, 5.41) is 0. The molecule has 0 aromatic carbocycles. The Labute approximate surface area is 157 Å². The van der Waals surface area contributed by atoms with Gasteiger partial charge in [0.15, 0.2) is 0 Å². The molecule has 2 rings (SSSR count). The summed E-state index contributed by atoms with van der Waals surface area (Å²) in [6.45, 7) is 9.51. The van der Waals surface area contributed by atoms with Gasteiger partial charge >= 0.3 is 0 Å². The van der Waals surface area contributed by atoms with Crippen LogP contribution in [0.4, 0.5) is 0 Å². The van der Waals surface area contributed by atoms with Gasteiger partial charge in [0.2, 0.25) is 0 Å². The Morgan fingerprint density at radius 3 is 1.48 bits per heavy atom. The first-order valence-electron chi connectivity index (χ1n) is 11.5. The van der Waals surface area contributed by atoms with Crippen LogP contribution in [0.1, 0.15) is 98.3 Å². The third-order valence-electron chi connectivity index (χ3n) is 7.74. The molecule has 148 valence electrons. The molecule has 2 aliphatic carbocycles. The van der Waals surface area contributed by atoms with Gasteiger partial charge in [0.25, 0.3) is 0 Å². The van der Waals surface area contributed by atoms with Crippen molar-refractivity contribution in [1.82, 2.24) is 0 Å². The first-order chi connectivity index (χ1) is 12.0. The maximum Gasteiger partial charge on any atom is 0.00699 e. The molecule has 0 aromatic rings. The molecule has 0 aliphatic heterocycles. The molecule has 0 radical (unpaired) electrons. The van der Waals surface area contributed by atoms with Crippen LogP contribution in [-0.4, -0.2) is 12.1 Å². The van der Waals surface area contributed by atoms with Gasteiger partial charge in [0.1, 0.15) is 0 Å². The van der Waals surface area contributed by atoms with Gasteiger partial charge in [0, 0.05) is 12.1 Å². The molecule has 2 nitrogen and oxygen atoms in total. The van der Waals surface area contributed by atoms with Crippen molar-refractivity contribution in [1.29, 1.82) is 0 Å². The quantitative estimate of drug-likeness (QED) is 0.587. The smallest absolute Gasteiger partial charge is 0.00699 e. The fraction of sp³-hybridized carbons (Fsp3) is 1.00. The Hall–Kier alpha value is -0.0800. The van der Waals surface area contributed by atoms with Crippen LogP contribution in [-0.2, 0) is 0 Å². The van der Waals surface area contributed by atoms with E-state index >= 15 is 0 Å². The second-order valence-electron chi connectivity index (χ2n) is 9.78. The van der Waals surface area contributed by atoms with Gasteiger partial charge in [-0.2, -0.15) is 0 Å². The topological polar surface area (TPSA) is 52.0 Å². The number of hydrogen-bond acceptors (Lipinski definition) is 2. The van der Waals surface area contributed by atoms with Crippen LogP contribution < -0.4 is 11.5 Å². The highest BCUT2D eigenvalue weighted by Gasteiger charge is 2.36. The predicted molar refractivity (Wildman–Crippen MR) is 110 cm³/mol. The first kappa shape index (κ1) is 21.2. The van der Waals surface area contributed by atoms with Crippen LogP contribution in [0.3, 0.4) is 0 Å². The van der Waals surface area contributed by atoms with Gasteiger partial charge < -0.3 is 11.5 Å². The molecule has 2 heteroatoms. The highest BCUT2D eigenvalue weighted by Crippen LogP contribution is 2.42. The molecular formula is C23H46N2. The van der Waals surface area contributed by atoms with Gasteiger partial charge in [-0.25, -0.2) is 0 Å². The zero-order valence-corrected chi connectivity index (χ0v) is 17.6. The van der Waals surface area contributed by atoms with E-state index in [2.05, 4.69) is 27.7 Å². The van der Waals surface area contributed by atoms with E-state index in [1.165, 1.54) is 70.6 Å². The van der Waals surface area contributed by atoms with Crippen molar-refractivity contribution in [3.05, 3.63) is 0 Å². The Morgan fingerprint density at radius 2 is 1.12 bits per heavy atom. The molecule has 0 heterocycles. The SMILES string of the molecule is CCCC(C)C1CC(CC2CCC(N)C(C(C)CCC)C2)CCC1N. The molecule has 2 aliphatic rings. The summed E-state index contributed by atoms with van der Waals surface area (Å²) in [6.07, 6.45) is 14.8. The van der Waals surface area contributed by atoms with Crippen molar-refractivity contribution in [2.24, 2.45) is 47.0 Å². The monoisotopic (exact) mass is 350 g/mol. The minimum Gasteiger partial charge on any atom is -0.327 e. The minimum atomic E-state index is 0.454. The van der Waals surface area contributed by atoms with E-state index in [1.54, 1.807) is 0 Å². The second-order valence-corrected chi connectivity index (χ2v) is 9.78. The van der Waals surface area contributed by atoms with Crippen LogP contribution in [0.2, 0.25) is 0 Å². The molecule has 8 atom stereocenters. The standard InChI is InChI=1S/C23H46N2/c1-5-7-16(3)20-14-18(9-11-22(20)24)13-19-10-12-23(25)21(15-19)17(4)8-6-2/h16-23H,5-15,24-25H2,1-4H3. The first-order valence-corrected chi connectivity index (χ1v) is 11.5. The summed E-state index contributed by atoms with van der Waals surface area (Å²) in [6, 6.07) is 0.907. The lowest BCUT2D eigenvalue weighted by molar-refractivity contribution is 0.114. The molecule has 0 spiro atoms.